The largest absolute Gasteiger partial charge is 0.382 e. The zero-order chi connectivity index (χ0) is 16.3. The van der Waals surface area contributed by atoms with E-state index in [1.807, 2.05) is 13.8 Å². The molecule has 4 nitrogen and oxygen atoms in total. The van der Waals surface area contributed by atoms with Crippen molar-refractivity contribution < 1.29 is 18.0 Å². The van der Waals surface area contributed by atoms with Crippen LogP contribution in [0.3, 0.4) is 0 Å². The van der Waals surface area contributed by atoms with Crippen LogP contribution in [0.25, 0.3) is 0 Å². The topological polar surface area (TPSA) is 54.0 Å². The molecular weight excluding hydrogens is 295 g/mol. The van der Waals surface area contributed by atoms with Crippen molar-refractivity contribution in [2.24, 2.45) is 0 Å². The van der Waals surface area contributed by atoms with Gasteiger partial charge in [0.1, 0.15) is 5.69 Å². The van der Waals surface area contributed by atoms with Crippen LogP contribution in [0.1, 0.15) is 24.3 Å². The van der Waals surface area contributed by atoms with Gasteiger partial charge in [-0.2, -0.15) is 0 Å². The highest BCUT2D eigenvalue weighted by Crippen LogP contribution is 2.20. The molecule has 0 saturated heterocycles. The first-order chi connectivity index (χ1) is 10.4. The Morgan fingerprint density at radius 3 is 2.41 bits per heavy atom. The van der Waals surface area contributed by atoms with Crippen LogP contribution in [-0.4, -0.2) is 16.9 Å². The zero-order valence-corrected chi connectivity index (χ0v) is 12.0. The third-order valence-electron chi connectivity index (χ3n) is 2.73. The number of amides is 1. The Morgan fingerprint density at radius 1 is 1.09 bits per heavy atom. The predicted molar refractivity (Wildman–Crippen MR) is 77.3 cm³/mol. The van der Waals surface area contributed by atoms with E-state index in [-0.39, 0.29) is 11.7 Å². The number of nitrogens with zero attached hydrogens (tertiary/aromatic N) is 1. The van der Waals surface area contributed by atoms with Gasteiger partial charge >= 0.3 is 0 Å². The summed E-state index contributed by atoms with van der Waals surface area (Å²) in [6.07, 6.45) is 1.45. The number of halogens is 3. The van der Waals surface area contributed by atoms with Crippen molar-refractivity contribution in [3.05, 3.63) is 53.6 Å². The van der Waals surface area contributed by atoms with Crippen molar-refractivity contribution in [3.8, 4) is 0 Å². The fourth-order valence-electron chi connectivity index (χ4n) is 1.76. The lowest BCUT2D eigenvalue weighted by molar-refractivity contribution is 0.102. The summed E-state index contributed by atoms with van der Waals surface area (Å²) in [7, 11) is 0. The maximum Gasteiger partial charge on any atom is 0.274 e. The van der Waals surface area contributed by atoms with Gasteiger partial charge in [0, 0.05) is 6.04 Å². The second-order valence-corrected chi connectivity index (χ2v) is 4.91. The highest BCUT2D eigenvalue weighted by Gasteiger charge is 2.16. The fraction of sp³-hybridized carbons (Fsp3) is 0.200. The third kappa shape index (κ3) is 3.55. The number of rotatable bonds is 4. The van der Waals surface area contributed by atoms with Crippen LogP contribution in [0.2, 0.25) is 0 Å². The fourth-order valence-corrected chi connectivity index (χ4v) is 1.76. The van der Waals surface area contributed by atoms with Crippen LogP contribution >= 0.6 is 0 Å². The Labute approximate surface area is 125 Å². The second kappa shape index (κ2) is 6.46. The van der Waals surface area contributed by atoms with E-state index in [2.05, 4.69) is 15.6 Å². The Hall–Kier alpha value is -2.57. The van der Waals surface area contributed by atoms with E-state index in [0.29, 0.717) is 0 Å². The van der Waals surface area contributed by atoms with Gasteiger partial charge in [-0.3, -0.25) is 4.79 Å². The van der Waals surface area contributed by atoms with Gasteiger partial charge in [0.05, 0.1) is 17.6 Å². The van der Waals surface area contributed by atoms with E-state index in [1.54, 1.807) is 6.07 Å². The first kappa shape index (κ1) is 15.8. The van der Waals surface area contributed by atoms with E-state index in [1.165, 1.54) is 12.3 Å². The third-order valence-corrected chi connectivity index (χ3v) is 2.73. The lowest BCUT2D eigenvalue weighted by Crippen LogP contribution is -2.16. The lowest BCUT2D eigenvalue weighted by Gasteiger charge is -2.10. The van der Waals surface area contributed by atoms with Crippen LogP contribution in [0.15, 0.2) is 30.5 Å². The highest BCUT2D eigenvalue weighted by atomic mass is 19.2. The molecule has 2 N–H and O–H groups in total. The minimum Gasteiger partial charge on any atom is -0.382 e. The molecule has 116 valence electrons. The van der Waals surface area contributed by atoms with Gasteiger partial charge in [-0.05, 0) is 38.1 Å². The molecule has 0 aliphatic heterocycles. The Morgan fingerprint density at radius 2 is 1.82 bits per heavy atom. The molecule has 7 heteroatoms. The molecule has 0 fully saturated rings. The number of carbonyl (C=O) groups is 1. The number of hydrogen-bond donors (Lipinski definition) is 2. The molecule has 0 bridgehead atoms. The van der Waals surface area contributed by atoms with Gasteiger partial charge < -0.3 is 10.6 Å². The first-order valence-electron chi connectivity index (χ1n) is 6.56. The molecule has 0 unspecified atom stereocenters. The van der Waals surface area contributed by atoms with E-state index < -0.39 is 29.0 Å². The standard InChI is InChI=1S/C15H14F3N3O/c1-8(2)20-9-3-5-12(19-7-9)15(22)21-11-6-4-10(16)13(17)14(11)18/h3-8,20H,1-2H3,(H,21,22). The number of carbonyl (C=O) groups excluding carboxylic acids is 1. The average Bonchev–Trinajstić information content (AvgIpc) is 2.48. The van der Waals surface area contributed by atoms with Gasteiger partial charge in [-0.15, -0.1) is 0 Å². The molecule has 0 saturated carbocycles. The quantitative estimate of drug-likeness (QED) is 0.849. The molecule has 0 aliphatic carbocycles. The van der Waals surface area contributed by atoms with Crippen molar-refractivity contribution >= 4 is 17.3 Å². The summed E-state index contributed by atoms with van der Waals surface area (Å²) >= 11 is 0. The normalized spacial score (nSPS) is 10.6. The summed E-state index contributed by atoms with van der Waals surface area (Å²) in [6.45, 7) is 3.90. The molecule has 22 heavy (non-hydrogen) atoms. The predicted octanol–water partition coefficient (Wildman–Crippen LogP) is 3.57. The Kier molecular flexibility index (Phi) is 4.65. The summed E-state index contributed by atoms with van der Waals surface area (Å²) < 4.78 is 39.4. The molecule has 1 aromatic carbocycles. The number of benzene rings is 1. The summed E-state index contributed by atoms with van der Waals surface area (Å²) in [4.78, 5) is 15.9. The molecule has 0 spiro atoms. The molecule has 1 aromatic heterocycles. The monoisotopic (exact) mass is 309 g/mol. The molecule has 2 rings (SSSR count). The summed E-state index contributed by atoms with van der Waals surface area (Å²) in [6, 6.07) is 4.97. The van der Waals surface area contributed by atoms with Crippen molar-refractivity contribution in [3.63, 3.8) is 0 Å². The summed E-state index contributed by atoms with van der Waals surface area (Å²) in [5.74, 6) is -5.13. The van der Waals surface area contributed by atoms with Gasteiger partial charge in [0.2, 0.25) is 0 Å². The Bertz CT molecular complexity index is 687. The highest BCUT2D eigenvalue weighted by molar-refractivity contribution is 6.03. The molecule has 0 atom stereocenters. The van der Waals surface area contributed by atoms with Crippen LogP contribution < -0.4 is 10.6 Å². The van der Waals surface area contributed by atoms with Crippen molar-refractivity contribution in [1.29, 1.82) is 0 Å². The van der Waals surface area contributed by atoms with Gasteiger partial charge in [0.15, 0.2) is 17.5 Å². The molecular formula is C15H14F3N3O. The SMILES string of the molecule is CC(C)Nc1ccc(C(=O)Nc2ccc(F)c(F)c2F)nc1. The number of hydrogen-bond acceptors (Lipinski definition) is 3. The van der Waals surface area contributed by atoms with Gasteiger partial charge in [-0.25, -0.2) is 18.2 Å². The summed E-state index contributed by atoms with van der Waals surface area (Å²) in [5.41, 5.74) is 0.305. The van der Waals surface area contributed by atoms with Crippen LogP contribution in [0.4, 0.5) is 24.5 Å². The van der Waals surface area contributed by atoms with E-state index in [0.717, 1.165) is 17.8 Å². The molecule has 0 radical (unpaired) electrons. The molecule has 0 aliphatic rings. The number of anilines is 2. The van der Waals surface area contributed by atoms with E-state index in [9.17, 15) is 18.0 Å². The van der Waals surface area contributed by atoms with Crippen LogP contribution in [-0.2, 0) is 0 Å². The average molecular weight is 309 g/mol. The number of nitrogens with one attached hydrogen (secondary N) is 2. The Balaban J connectivity index is 2.14. The smallest absolute Gasteiger partial charge is 0.274 e. The number of aromatic nitrogens is 1. The maximum absolute atomic E-state index is 13.5. The van der Waals surface area contributed by atoms with Gasteiger partial charge in [0.25, 0.3) is 5.91 Å². The minimum absolute atomic E-state index is 0.0263. The summed E-state index contributed by atoms with van der Waals surface area (Å²) in [5, 5.41) is 5.25. The van der Waals surface area contributed by atoms with Crippen LogP contribution in [0.5, 0.6) is 0 Å². The molecule has 1 heterocycles. The minimum atomic E-state index is -1.64. The van der Waals surface area contributed by atoms with Crippen molar-refractivity contribution in [2.75, 3.05) is 10.6 Å². The number of pyridine rings is 1. The lowest BCUT2D eigenvalue weighted by atomic mass is 10.2. The van der Waals surface area contributed by atoms with Crippen LogP contribution in [0, 0.1) is 17.5 Å². The first-order valence-corrected chi connectivity index (χ1v) is 6.56. The second-order valence-electron chi connectivity index (χ2n) is 4.91. The van der Waals surface area contributed by atoms with Crippen molar-refractivity contribution in [2.45, 2.75) is 19.9 Å². The zero-order valence-electron chi connectivity index (χ0n) is 12.0. The van der Waals surface area contributed by atoms with Crippen molar-refractivity contribution in [1.82, 2.24) is 4.98 Å². The van der Waals surface area contributed by atoms with E-state index in [4.69, 9.17) is 0 Å². The van der Waals surface area contributed by atoms with E-state index >= 15 is 0 Å². The molecule has 2 aromatic rings. The van der Waals surface area contributed by atoms with Gasteiger partial charge in [-0.1, -0.05) is 0 Å². The molecule has 1 amide bonds. The maximum atomic E-state index is 13.5.